The first-order chi connectivity index (χ1) is 15.3. The summed E-state index contributed by atoms with van der Waals surface area (Å²) in [5, 5.41) is 3.30. The van der Waals surface area contributed by atoms with Gasteiger partial charge in [-0.25, -0.2) is 0 Å². The highest BCUT2D eigenvalue weighted by Crippen LogP contribution is 2.48. The first-order valence-electron chi connectivity index (χ1n) is 12.4. The molecule has 0 radical (unpaired) electrons. The van der Waals surface area contributed by atoms with Gasteiger partial charge in [0, 0.05) is 17.4 Å². The van der Waals surface area contributed by atoms with Crippen molar-refractivity contribution >= 4 is 17.1 Å². The SMILES string of the molecule is Cc1ccc(OC2(N)Nc3cc(C4CCC(C5CCC(C)CC5)CC4)cc(N)c32)cc1N. The molecular weight excluding hydrogens is 396 g/mol. The quantitative estimate of drug-likeness (QED) is 0.358. The third-order valence-corrected chi connectivity index (χ3v) is 8.38. The van der Waals surface area contributed by atoms with E-state index in [1.165, 1.54) is 56.9 Å². The third-order valence-electron chi connectivity index (χ3n) is 8.38. The molecule has 172 valence electrons. The first kappa shape index (κ1) is 21.4. The van der Waals surface area contributed by atoms with Crippen molar-refractivity contribution in [2.45, 2.75) is 77.0 Å². The molecule has 2 aromatic rings. The number of ether oxygens (including phenoxy) is 1. The Balaban J connectivity index is 1.25. The third kappa shape index (κ3) is 3.92. The van der Waals surface area contributed by atoms with Crippen molar-refractivity contribution in [1.29, 1.82) is 0 Å². The minimum atomic E-state index is -1.12. The summed E-state index contributed by atoms with van der Waals surface area (Å²) in [5.41, 5.74) is 24.6. The molecule has 0 spiro atoms. The van der Waals surface area contributed by atoms with Crippen LogP contribution in [0.3, 0.4) is 0 Å². The Morgan fingerprint density at radius 1 is 0.875 bits per heavy atom. The molecule has 1 aliphatic heterocycles. The molecule has 0 saturated heterocycles. The lowest BCUT2D eigenvalue weighted by Gasteiger charge is -2.43. The molecular formula is C27H38N4O. The van der Waals surface area contributed by atoms with Crippen molar-refractivity contribution in [3.05, 3.63) is 47.0 Å². The number of anilines is 3. The topological polar surface area (TPSA) is 99.3 Å². The minimum Gasteiger partial charge on any atom is -0.450 e. The molecule has 5 rings (SSSR count). The fraction of sp³-hybridized carbons (Fsp3) is 0.556. The van der Waals surface area contributed by atoms with E-state index in [9.17, 15) is 0 Å². The summed E-state index contributed by atoms with van der Waals surface area (Å²) in [6.45, 7) is 4.38. The van der Waals surface area contributed by atoms with Gasteiger partial charge in [-0.1, -0.05) is 25.8 Å². The van der Waals surface area contributed by atoms with Crippen LogP contribution in [0.5, 0.6) is 5.75 Å². The van der Waals surface area contributed by atoms with E-state index in [1.54, 1.807) is 6.07 Å². The minimum absolute atomic E-state index is 0.591. The highest BCUT2D eigenvalue weighted by Gasteiger charge is 2.44. The van der Waals surface area contributed by atoms with E-state index in [2.05, 4.69) is 24.4 Å². The number of nitrogen functional groups attached to an aromatic ring is 2. The fourth-order valence-corrected chi connectivity index (χ4v) is 6.26. The van der Waals surface area contributed by atoms with E-state index < -0.39 is 5.85 Å². The van der Waals surface area contributed by atoms with Crippen molar-refractivity contribution in [2.75, 3.05) is 16.8 Å². The van der Waals surface area contributed by atoms with Gasteiger partial charge >= 0.3 is 0 Å². The number of nitrogens with two attached hydrogens (primary N) is 3. The van der Waals surface area contributed by atoms with Crippen LogP contribution in [-0.2, 0) is 5.85 Å². The van der Waals surface area contributed by atoms with Gasteiger partial charge in [0.05, 0.1) is 11.3 Å². The van der Waals surface area contributed by atoms with Crippen LogP contribution in [-0.4, -0.2) is 0 Å². The molecule has 1 heterocycles. The van der Waals surface area contributed by atoms with Gasteiger partial charge in [-0.3, -0.25) is 5.73 Å². The average Bonchev–Trinajstić information content (AvgIpc) is 2.76. The summed E-state index contributed by atoms with van der Waals surface area (Å²) in [7, 11) is 0. The Morgan fingerprint density at radius 2 is 1.53 bits per heavy atom. The average molecular weight is 435 g/mol. The lowest BCUT2D eigenvalue weighted by molar-refractivity contribution is 0.0900. The van der Waals surface area contributed by atoms with Gasteiger partial charge < -0.3 is 21.5 Å². The molecule has 2 aromatic carbocycles. The van der Waals surface area contributed by atoms with Gasteiger partial charge in [0.1, 0.15) is 5.75 Å². The predicted molar refractivity (Wildman–Crippen MR) is 132 cm³/mol. The molecule has 7 N–H and O–H groups in total. The Hall–Kier alpha value is -2.40. The maximum atomic E-state index is 6.52. The molecule has 3 aliphatic rings. The van der Waals surface area contributed by atoms with Crippen LogP contribution in [0.4, 0.5) is 17.1 Å². The van der Waals surface area contributed by atoms with Gasteiger partial charge in [0.2, 0.25) is 0 Å². The van der Waals surface area contributed by atoms with Crippen LogP contribution < -0.4 is 27.3 Å². The molecule has 0 amide bonds. The van der Waals surface area contributed by atoms with Crippen molar-refractivity contribution in [1.82, 2.24) is 0 Å². The molecule has 0 bridgehead atoms. The first-order valence-corrected chi connectivity index (χ1v) is 12.4. The van der Waals surface area contributed by atoms with E-state index in [1.807, 2.05) is 19.1 Å². The number of nitrogens with one attached hydrogen (secondary N) is 1. The summed E-state index contributed by atoms with van der Waals surface area (Å²) in [5.74, 6) is 2.92. The highest BCUT2D eigenvalue weighted by atomic mass is 16.5. The van der Waals surface area contributed by atoms with Crippen molar-refractivity contribution < 1.29 is 4.74 Å². The summed E-state index contributed by atoms with van der Waals surface area (Å²) >= 11 is 0. The maximum Gasteiger partial charge on any atom is 0.267 e. The zero-order valence-electron chi connectivity index (χ0n) is 19.5. The number of aryl methyl sites for hydroxylation is 1. The Labute approximate surface area is 192 Å². The lowest BCUT2D eigenvalue weighted by Crippen LogP contribution is -2.57. The fourth-order valence-electron chi connectivity index (χ4n) is 6.26. The molecule has 1 unspecified atom stereocenters. The monoisotopic (exact) mass is 434 g/mol. The highest BCUT2D eigenvalue weighted by molar-refractivity contribution is 5.76. The summed E-state index contributed by atoms with van der Waals surface area (Å²) in [6, 6.07) is 9.98. The number of hydrogen-bond donors (Lipinski definition) is 4. The number of fused-ring (bicyclic) bond motifs is 1. The maximum absolute atomic E-state index is 6.52. The second-order valence-electron chi connectivity index (χ2n) is 10.6. The molecule has 2 saturated carbocycles. The zero-order chi connectivity index (χ0) is 22.5. The van der Waals surface area contributed by atoms with Crippen LogP contribution in [0.25, 0.3) is 0 Å². The number of rotatable bonds is 4. The largest absolute Gasteiger partial charge is 0.450 e. The van der Waals surface area contributed by atoms with Gasteiger partial charge in [-0.05, 0) is 98.4 Å². The normalized spacial score (nSPS) is 31.8. The number of benzene rings is 2. The van der Waals surface area contributed by atoms with Crippen LogP contribution in [0.15, 0.2) is 30.3 Å². The van der Waals surface area contributed by atoms with E-state index in [4.69, 9.17) is 21.9 Å². The molecule has 5 heteroatoms. The smallest absolute Gasteiger partial charge is 0.267 e. The predicted octanol–water partition coefficient (Wildman–Crippen LogP) is 5.83. The Bertz CT molecular complexity index is 972. The zero-order valence-corrected chi connectivity index (χ0v) is 19.5. The Morgan fingerprint density at radius 3 is 2.16 bits per heavy atom. The van der Waals surface area contributed by atoms with Crippen molar-refractivity contribution in [3.8, 4) is 5.75 Å². The summed E-state index contributed by atoms with van der Waals surface area (Å²) in [4.78, 5) is 0. The van der Waals surface area contributed by atoms with Gasteiger partial charge in [-0.2, -0.15) is 0 Å². The van der Waals surface area contributed by atoms with Crippen LogP contribution >= 0.6 is 0 Å². The van der Waals surface area contributed by atoms with E-state index in [-0.39, 0.29) is 0 Å². The van der Waals surface area contributed by atoms with Gasteiger partial charge in [0.25, 0.3) is 5.85 Å². The molecule has 0 aromatic heterocycles. The second kappa shape index (κ2) is 8.18. The second-order valence-corrected chi connectivity index (χ2v) is 10.6. The van der Waals surface area contributed by atoms with Crippen molar-refractivity contribution in [2.24, 2.45) is 23.5 Å². The van der Waals surface area contributed by atoms with Crippen molar-refractivity contribution in [3.63, 3.8) is 0 Å². The van der Waals surface area contributed by atoms with E-state index in [0.717, 1.165) is 34.6 Å². The molecule has 2 aliphatic carbocycles. The standard InChI is InChI=1S/C27H38N4O/c1-16-3-6-18(7-4-16)19-8-10-20(11-9-19)21-13-24(29)26-25(14-21)31-27(26,30)32-22-12-5-17(2)23(28)15-22/h5,12-16,18-20,31H,3-4,6-11,28-30H2,1-2H3. The van der Waals surface area contributed by atoms with Gasteiger partial charge in [-0.15, -0.1) is 0 Å². The number of hydrogen-bond acceptors (Lipinski definition) is 5. The van der Waals surface area contributed by atoms with E-state index >= 15 is 0 Å². The molecule has 1 atom stereocenters. The Kier molecular flexibility index (Phi) is 5.48. The molecule has 32 heavy (non-hydrogen) atoms. The lowest BCUT2D eigenvalue weighted by atomic mass is 9.68. The summed E-state index contributed by atoms with van der Waals surface area (Å²) in [6.07, 6.45) is 11.0. The van der Waals surface area contributed by atoms with Crippen LogP contribution in [0.2, 0.25) is 0 Å². The van der Waals surface area contributed by atoms with Gasteiger partial charge in [0.15, 0.2) is 0 Å². The molecule has 2 fully saturated rings. The molecule has 5 nitrogen and oxygen atoms in total. The van der Waals surface area contributed by atoms with Crippen LogP contribution in [0, 0.1) is 24.7 Å². The van der Waals surface area contributed by atoms with Crippen LogP contribution in [0.1, 0.15) is 80.9 Å². The summed E-state index contributed by atoms with van der Waals surface area (Å²) < 4.78 is 6.06. The van der Waals surface area contributed by atoms with E-state index in [0.29, 0.717) is 23.0 Å².